The topological polar surface area (TPSA) is 62.2 Å². The van der Waals surface area contributed by atoms with Gasteiger partial charge in [0.2, 0.25) is 5.91 Å². The summed E-state index contributed by atoms with van der Waals surface area (Å²) in [4.78, 5) is 18.2. The quantitative estimate of drug-likeness (QED) is 0.422. The number of carbonyl (C=O) groups excluding carboxylic acids is 1. The van der Waals surface area contributed by atoms with Crippen LogP contribution in [-0.4, -0.2) is 70.8 Å². The van der Waals surface area contributed by atoms with Crippen molar-refractivity contribution in [2.45, 2.75) is 93.8 Å². The van der Waals surface area contributed by atoms with Gasteiger partial charge >= 0.3 is 6.18 Å². The van der Waals surface area contributed by atoms with Crippen molar-refractivity contribution in [3.8, 4) is 11.5 Å². The van der Waals surface area contributed by atoms with Crippen molar-refractivity contribution in [3.05, 3.63) is 64.7 Å². The van der Waals surface area contributed by atoms with Gasteiger partial charge in [0.1, 0.15) is 6.10 Å². The minimum atomic E-state index is -4.46. The molecule has 0 radical (unpaired) electrons. The molecule has 2 saturated carbocycles. The molecule has 43 heavy (non-hydrogen) atoms. The van der Waals surface area contributed by atoms with Crippen LogP contribution in [0.4, 0.5) is 13.2 Å². The van der Waals surface area contributed by atoms with Crippen LogP contribution in [0.1, 0.15) is 68.2 Å². The maximum Gasteiger partial charge on any atom is 0.416 e. The van der Waals surface area contributed by atoms with Gasteiger partial charge in [-0.25, -0.2) is 0 Å². The predicted octanol–water partition coefficient (Wildman–Crippen LogP) is 5.60. The minimum absolute atomic E-state index is 0.0234. The number of carbonyl (C=O) groups is 1. The molecule has 1 amide bonds. The lowest BCUT2D eigenvalue weighted by Crippen LogP contribution is -2.78. The lowest BCUT2D eigenvalue weighted by Gasteiger charge is -2.65. The fourth-order valence-corrected chi connectivity index (χ4v) is 8.76. The van der Waals surface area contributed by atoms with Crippen molar-refractivity contribution in [2.24, 2.45) is 5.92 Å². The fraction of sp³-hybridized carbons (Fsp3) is 0.559. The summed E-state index contributed by atoms with van der Waals surface area (Å²) in [7, 11) is 1.62. The van der Waals surface area contributed by atoms with Gasteiger partial charge in [-0.15, -0.1) is 0 Å². The van der Waals surface area contributed by atoms with Crippen LogP contribution in [0.25, 0.3) is 6.08 Å². The molecule has 5 aliphatic rings. The molecule has 0 unspecified atom stereocenters. The summed E-state index contributed by atoms with van der Waals surface area (Å²) in [5.41, 5.74) is 0.0840. The van der Waals surface area contributed by atoms with Crippen molar-refractivity contribution in [2.75, 3.05) is 20.2 Å². The van der Waals surface area contributed by atoms with Crippen LogP contribution in [0, 0.1) is 5.92 Å². The van der Waals surface area contributed by atoms with Crippen LogP contribution >= 0.6 is 0 Å². The average Bonchev–Trinajstić information content (AvgIpc) is 3.71. The SMILES string of the molecule is COc1ccc2c3c1O[C@H]1[C@@H](N(C(=O)C=Cc4cccc(C(F)(F)F)c4)C(C)C)CC[C@@]4(O)[C@@H](C2)N(CC2CC2)CC[C@]314. The molecule has 230 valence electrons. The van der Waals surface area contributed by atoms with Gasteiger partial charge in [-0.2, -0.15) is 13.2 Å². The lowest BCUT2D eigenvalue weighted by molar-refractivity contribution is -0.202. The van der Waals surface area contributed by atoms with E-state index in [1.807, 2.05) is 19.9 Å². The van der Waals surface area contributed by atoms with Crippen LogP contribution in [0.15, 0.2) is 42.5 Å². The van der Waals surface area contributed by atoms with Gasteiger partial charge in [-0.3, -0.25) is 9.69 Å². The van der Waals surface area contributed by atoms with E-state index in [9.17, 15) is 23.1 Å². The summed E-state index contributed by atoms with van der Waals surface area (Å²) in [6, 6.07) is 8.48. The van der Waals surface area contributed by atoms with Crippen LogP contribution in [-0.2, 0) is 22.8 Å². The summed E-state index contributed by atoms with van der Waals surface area (Å²) >= 11 is 0. The number of aliphatic hydroxyl groups is 1. The van der Waals surface area contributed by atoms with Gasteiger partial charge < -0.3 is 19.5 Å². The molecular formula is C34H39F3N2O4. The van der Waals surface area contributed by atoms with Gasteiger partial charge in [0.05, 0.1) is 29.7 Å². The second kappa shape index (κ2) is 9.99. The van der Waals surface area contributed by atoms with Crippen LogP contribution < -0.4 is 9.47 Å². The van der Waals surface area contributed by atoms with E-state index in [4.69, 9.17) is 9.47 Å². The highest BCUT2D eigenvalue weighted by Gasteiger charge is 2.73. The summed E-state index contributed by atoms with van der Waals surface area (Å²) in [6.45, 7) is 5.76. The van der Waals surface area contributed by atoms with E-state index in [2.05, 4.69) is 11.0 Å². The zero-order chi connectivity index (χ0) is 30.3. The number of amides is 1. The molecule has 1 N–H and O–H groups in total. The van der Waals surface area contributed by atoms with Crippen molar-refractivity contribution < 1.29 is 32.5 Å². The smallest absolute Gasteiger partial charge is 0.416 e. The predicted molar refractivity (Wildman–Crippen MR) is 156 cm³/mol. The van der Waals surface area contributed by atoms with E-state index in [0.29, 0.717) is 35.8 Å². The average molecular weight is 597 g/mol. The number of nitrogens with zero attached hydrogens (tertiary/aromatic N) is 2. The van der Waals surface area contributed by atoms with Crippen molar-refractivity contribution in [1.82, 2.24) is 9.80 Å². The number of rotatable bonds is 7. The Hall–Kier alpha value is -3.04. The minimum Gasteiger partial charge on any atom is -0.493 e. The zero-order valence-electron chi connectivity index (χ0n) is 24.9. The third kappa shape index (κ3) is 4.32. The van der Waals surface area contributed by atoms with Gasteiger partial charge in [-0.05, 0) is 100 Å². The van der Waals surface area contributed by atoms with Gasteiger partial charge in [0, 0.05) is 30.3 Å². The van der Waals surface area contributed by atoms with E-state index in [1.54, 1.807) is 18.1 Å². The van der Waals surface area contributed by atoms with E-state index in [0.717, 1.165) is 43.6 Å². The maximum absolute atomic E-state index is 13.9. The van der Waals surface area contributed by atoms with Gasteiger partial charge in [0.15, 0.2) is 11.5 Å². The molecule has 2 bridgehead atoms. The molecule has 6 nitrogen and oxygen atoms in total. The molecule has 9 heteroatoms. The summed E-state index contributed by atoms with van der Waals surface area (Å²) in [6.07, 6.45) is 2.94. The highest BCUT2D eigenvalue weighted by atomic mass is 19.4. The van der Waals surface area contributed by atoms with Crippen LogP contribution in [0.3, 0.4) is 0 Å². The van der Waals surface area contributed by atoms with Crippen molar-refractivity contribution >= 4 is 12.0 Å². The normalized spacial score (nSPS) is 31.2. The number of halogens is 3. The Morgan fingerprint density at radius 2 is 2.00 bits per heavy atom. The van der Waals surface area contributed by atoms with E-state index in [1.165, 1.54) is 36.6 Å². The van der Waals surface area contributed by atoms with Crippen molar-refractivity contribution in [1.29, 1.82) is 0 Å². The first-order chi connectivity index (χ1) is 20.5. The second-order valence-corrected chi connectivity index (χ2v) is 13.4. The van der Waals surface area contributed by atoms with E-state index in [-0.39, 0.29) is 24.0 Å². The van der Waals surface area contributed by atoms with E-state index >= 15 is 0 Å². The molecule has 2 aromatic rings. The number of methoxy groups -OCH3 is 1. The summed E-state index contributed by atoms with van der Waals surface area (Å²) in [5.74, 6) is 1.73. The third-order valence-corrected chi connectivity index (χ3v) is 10.7. The molecule has 1 saturated heterocycles. The first-order valence-corrected chi connectivity index (χ1v) is 15.5. The lowest BCUT2D eigenvalue weighted by atomic mass is 9.48. The fourth-order valence-electron chi connectivity index (χ4n) is 8.76. The first-order valence-electron chi connectivity index (χ1n) is 15.5. The number of benzene rings is 2. The Balaban J connectivity index is 1.26. The number of alkyl halides is 3. The molecule has 3 fully saturated rings. The number of ether oxygens (including phenoxy) is 2. The Morgan fingerprint density at radius 1 is 1.21 bits per heavy atom. The Bertz CT molecular complexity index is 1470. The number of hydrogen-bond donors (Lipinski definition) is 1. The highest BCUT2D eigenvalue weighted by Crippen LogP contribution is 2.66. The molecule has 0 aromatic heterocycles. The highest BCUT2D eigenvalue weighted by molar-refractivity contribution is 5.92. The largest absolute Gasteiger partial charge is 0.493 e. The summed E-state index contributed by atoms with van der Waals surface area (Å²) < 4.78 is 52.4. The Kier molecular flexibility index (Phi) is 6.67. The van der Waals surface area contributed by atoms with Gasteiger partial charge in [0.25, 0.3) is 0 Å². The second-order valence-electron chi connectivity index (χ2n) is 13.4. The van der Waals surface area contributed by atoms with E-state index < -0.39 is 28.9 Å². The molecule has 5 atom stereocenters. The number of likely N-dealkylation sites (tertiary alicyclic amines) is 1. The zero-order valence-corrected chi connectivity index (χ0v) is 24.9. The summed E-state index contributed by atoms with van der Waals surface area (Å²) in [5, 5.41) is 12.8. The standard InChI is InChI=1S/C34H39F3N2O4/c1-20(2)39(28(40)12-9-21-5-4-6-24(17-21)34(35,36)37)25-13-14-33(41)27-18-23-10-11-26(42-3)30-29(23)32(33,31(25)43-30)15-16-38(27)19-22-7-8-22/h4-6,9-12,17,20,22,25,27,31,41H,7-8,13-16,18-19H2,1-3H3/t25-,27+,31-,32-,33+/m0/s1. The molecular weight excluding hydrogens is 557 g/mol. The van der Waals surface area contributed by atoms with Crippen molar-refractivity contribution in [3.63, 3.8) is 0 Å². The molecule has 2 aliphatic heterocycles. The van der Waals surface area contributed by atoms with Crippen LogP contribution in [0.5, 0.6) is 11.5 Å². The molecule has 3 aliphatic carbocycles. The van der Waals surface area contributed by atoms with Gasteiger partial charge in [-0.1, -0.05) is 18.2 Å². The molecule has 2 aromatic carbocycles. The Labute approximate surface area is 250 Å². The molecule has 1 spiro atoms. The maximum atomic E-state index is 13.9. The Morgan fingerprint density at radius 3 is 2.70 bits per heavy atom. The molecule has 7 rings (SSSR count). The number of hydrogen-bond acceptors (Lipinski definition) is 5. The first kappa shape index (κ1) is 28.7. The third-order valence-electron chi connectivity index (χ3n) is 10.7. The monoisotopic (exact) mass is 596 g/mol. The number of piperidine rings is 1. The molecule has 2 heterocycles. The van der Waals surface area contributed by atoms with Crippen LogP contribution in [0.2, 0.25) is 0 Å².